The molecule has 0 aliphatic rings. The zero-order valence-corrected chi connectivity index (χ0v) is 9.36. The first-order chi connectivity index (χ1) is 6.43. The maximum absolute atomic E-state index is 11.4. The molecule has 0 aromatic heterocycles. The second kappa shape index (κ2) is 4.20. The van der Waals surface area contributed by atoms with Gasteiger partial charge in [-0.15, -0.1) is 0 Å². The van der Waals surface area contributed by atoms with E-state index >= 15 is 0 Å². The number of aromatic hydroxyl groups is 1. The van der Waals surface area contributed by atoms with Crippen molar-refractivity contribution < 1.29 is 9.90 Å². The molecule has 0 radical (unpaired) electrons. The molecule has 0 saturated heterocycles. The van der Waals surface area contributed by atoms with Crippen molar-refractivity contribution in [3.05, 3.63) is 28.8 Å². The number of phenols is 1. The molecule has 1 rings (SSSR count). The Labute approximate surface area is 92.5 Å². The number of aryl methyl sites for hydroxylation is 2. The van der Waals surface area contributed by atoms with Gasteiger partial charge in [0.1, 0.15) is 5.75 Å². The van der Waals surface area contributed by atoms with E-state index in [-0.39, 0.29) is 11.5 Å². The molecule has 1 aromatic carbocycles. The van der Waals surface area contributed by atoms with Crippen LogP contribution in [-0.4, -0.2) is 15.7 Å². The highest BCUT2D eigenvalue weighted by molar-refractivity contribution is 6.55. The van der Waals surface area contributed by atoms with Gasteiger partial charge in [0.05, 0.1) is 0 Å². The Morgan fingerprint density at radius 1 is 1.29 bits per heavy atom. The summed E-state index contributed by atoms with van der Waals surface area (Å²) in [6.45, 7) is 3.44. The summed E-state index contributed by atoms with van der Waals surface area (Å²) in [5.41, 5.74) is 1.71. The van der Waals surface area contributed by atoms with Crippen LogP contribution in [0.4, 0.5) is 0 Å². The zero-order valence-electron chi connectivity index (χ0n) is 7.84. The molecular formula is C10H10Cl2O2. The monoisotopic (exact) mass is 232 g/mol. The molecule has 0 fully saturated rings. The normalized spacial score (nSPS) is 10.6. The van der Waals surface area contributed by atoms with Crippen LogP contribution in [-0.2, 0) is 0 Å². The summed E-state index contributed by atoms with van der Waals surface area (Å²) in [5, 5.41) is 9.47. The summed E-state index contributed by atoms with van der Waals surface area (Å²) in [6.07, 6.45) is 0. The van der Waals surface area contributed by atoms with E-state index in [1.54, 1.807) is 26.0 Å². The third-order valence-electron chi connectivity index (χ3n) is 1.97. The zero-order chi connectivity index (χ0) is 10.9. The average Bonchev–Trinajstić information content (AvgIpc) is 2.12. The highest BCUT2D eigenvalue weighted by atomic mass is 35.5. The molecule has 0 unspecified atom stereocenters. The average molecular weight is 233 g/mol. The van der Waals surface area contributed by atoms with E-state index in [2.05, 4.69) is 0 Å². The summed E-state index contributed by atoms with van der Waals surface area (Å²) < 4.78 is 0. The molecule has 0 atom stereocenters. The summed E-state index contributed by atoms with van der Waals surface area (Å²) in [6, 6.07) is 3.14. The predicted octanol–water partition coefficient (Wildman–Crippen LogP) is 3.00. The molecule has 1 aromatic rings. The van der Waals surface area contributed by atoms with Crippen LogP contribution in [0.3, 0.4) is 0 Å². The Morgan fingerprint density at radius 3 is 2.07 bits per heavy atom. The first kappa shape index (κ1) is 11.3. The molecule has 4 heteroatoms. The van der Waals surface area contributed by atoms with E-state index in [0.29, 0.717) is 16.7 Å². The lowest BCUT2D eigenvalue weighted by Gasteiger charge is -2.07. The Hall–Kier alpha value is -0.730. The maximum Gasteiger partial charge on any atom is 0.195 e. The number of alkyl halides is 2. The number of rotatable bonds is 2. The highest BCUT2D eigenvalue weighted by Crippen LogP contribution is 2.24. The van der Waals surface area contributed by atoms with Crippen molar-refractivity contribution in [3.8, 4) is 5.75 Å². The minimum absolute atomic E-state index is 0.197. The lowest BCUT2D eigenvalue weighted by atomic mass is 10.0. The molecule has 2 nitrogen and oxygen atoms in total. The minimum Gasteiger partial charge on any atom is -0.507 e. The Balaban J connectivity index is 3.19. The van der Waals surface area contributed by atoms with Crippen LogP contribution in [0.1, 0.15) is 21.5 Å². The molecular weight excluding hydrogens is 223 g/mol. The molecule has 76 valence electrons. The van der Waals surface area contributed by atoms with E-state index < -0.39 is 4.84 Å². The summed E-state index contributed by atoms with van der Waals surface area (Å²) >= 11 is 10.9. The van der Waals surface area contributed by atoms with Gasteiger partial charge >= 0.3 is 0 Å². The molecule has 0 aliphatic carbocycles. The number of halogens is 2. The minimum atomic E-state index is -1.06. The quantitative estimate of drug-likeness (QED) is 0.629. The maximum atomic E-state index is 11.4. The number of Topliss-reactive ketones (excluding diaryl/α,β-unsaturated/α-hetero) is 1. The van der Waals surface area contributed by atoms with Crippen LogP contribution >= 0.6 is 23.2 Å². The molecule has 0 spiro atoms. The molecule has 0 bridgehead atoms. The van der Waals surface area contributed by atoms with Gasteiger partial charge in [-0.2, -0.15) is 0 Å². The van der Waals surface area contributed by atoms with Gasteiger partial charge in [-0.05, 0) is 37.1 Å². The Morgan fingerprint density at radius 2 is 1.71 bits per heavy atom. The molecule has 0 heterocycles. The summed E-state index contributed by atoms with van der Waals surface area (Å²) in [7, 11) is 0. The van der Waals surface area contributed by atoms with Crippen LogP contribution in [0.25, 0.3) is 0 Å². The van der Waals surface area contributed by atoms with E-state index in [1.165, 1.54) is 0 Å². The number of hydrogen-bond donors (Lipinski definition) is 1. The predicted molar refractivity (Wildman–Crippen MR) is 57.4 cm³/mol. The third kappa shape index (κ3) is 2.20. The van der Waals surface area contributed by atoms with E-state index in [4.69, 9.17) is 23.2 Å². The molecule has 0 aliphatic heterocycles. The molecule has 0 saturated carbocycles. The topological polar surface area (TPSA) is 37.3 Å². The van der Waals surface area contributed by atoms with Gasteiger partial charge in [-0.3, -0.25) is 4.79 Å². The number of ketones is 1. The van der Waals surface area contributed by atoms with Gasteiger partial charge in [0.15, 0.2) is 10.6 Å². The standard InChI is InChI=1S/C10H10Cl2O2/c1-5-3-7(9(14)10(11)12)4-6(2)8(5)13/h3-4,10,13H,1-2H3. The lowest BCUT2D eigenvalue weighted by molar-refractivity contribution is 0.101. The van der Waals surface area contributed by atoms with Gasteiger partial charge in [0.2, 0.25) is 0 Å². The second-order valence-electron chi connectivity index (χ2n) is 3.12. The van der Waals surface area contributed by atoms with Gasteiger partial charge in [-0.25, -0.2) is 0 Å². The third-order valence-corrected chi connectivity index (χ3v) is 2.37. The van der Waals surface area contributed by atoms with Crippen molar-refractivity contribution in [2.24, 2.45) is 0 Å². The highest BCUT2D eigenvalue weighted by Gasteiger charge is 2.16. The fraction of sp³-hybridized carbons (Fsp3) is 0.300. The second-order valence-corrected chi connectivity index (χ2v) is 4.22. The first-order valence-electron chi connectivity index (χ1n) is 4.06. The van der Waals surface area contributed by atoms with E-state index in [9.17, 15) is 9.90 Å². The summed E-state index contributed by atoms with van der Waals surface area (Å²) in [5.74, 6) is -0.151. The summed E-state index contributed by atoms with van der Waals surface area (Å²) in [4.78, 5) is 10.4. The lowest BCUT2D eigenvalue weighted by Crippen LogP contribution is -2.08. The van der Waals surface area contributed by atoms with Crippen molar-refractivity contribution in [2.75, 3.05) is 0 Å². The van der Waals surface area contributed by atoms with Gasteiger partial charge < -0.3 is 5.11 Å². The van der Waals surface area contributed by atoms with Crippen LogP contribution in [0.2, 0.25) is 0 Å². The van der Waals surface area contributed by atoms with Crippen LogP contribution in [0.15, 0.2) is 12.1 Å². The van der Waals surface area contributed by atoms with Crippen molar-refractivity contribution in [1.82, 2.24) is 0 Å². The molecule has 14 heavy (non-hydrogen) atoms. The SMILES string of the molecule is Cc1cc(C(=O)C(Cl)Cl)cc(C)c1O. The van der Waals surface area contributed by atoms with Crippen molar-refractivity contribution >= 4 is 29.0 Å². The van der Waals surface area contributed by atoms with Crippen LogP contribution in [0, 0.1) is 13.8 Å². The van der Waals surface area contributed by atoms with Crippen molar-refractivity contribution in [3.63, 3.8) is 0 Å². The van der Waals surface area contributed by atoms with Crippen LogP contribution < -0.4 is 0 Å². The largest absolute Gasteiger partial charge is 0.507 e. The van der Waals surface area contributed by atoms with E-state index in [1.807, 2.05) is 0 Å². The number of hydrogen-bond acceptors (Lipinski definition) is 2. The van der Waals surface area contributed by atoms with Crippen LogP contribution in [0.5, 0.6) is 5.75 Å². The Bertz CT molecular complexity index is 349. The fourth-order valence-electron chi connectivity index (χ4n) is 1.22. The number of benzene rings is 1. The number of carbonyl (C=O) groups is 1. The molecule has 0 amide bonds. The van der Waals surface area contributed by atoms with Gasteiger partial charge in [0.25, 0.3) is 0 Å². The van der Waals surface area contributed by atoms with Gasteiger partial charge in [0, 0.05) is 5.56 Å². The number of phenolic OH excluding ortho intramolecular Hbond substituents is 1. The smallest absolute Gasteiger partial charge is 0.195 e. The fourth-order valence-corrected chi connectivity index (χ4v) is 1.48. The molecule has 1 N–H and O–H groups in total. The number of carbonyl (C=O) groups excluding carboxylic acids is 1. The van der Waals surface area contributed by atoms with Crippen molar-refractivity contribution in [1.29, 1.82) is 0 Å². The van der Waals surface area contributed by atoms with Gasteiger partial charge in [-0.1, -0.05) is 23.2 Å². The van der Waals surface area contributed by atoms with E-state index in [0.717, 1.165) is 0 Å². The first-order valence-corrected chi connectivity index (χ1v) is 4.93. The van der Waals surface area contributed by atoms with Crippen molar-refractivity contribution in [2.45, 2.75) is 18.7 Å². The Kier molecular flexibility index (Phi) is 3.40.